The maximum Gasteiger partial charge on any atom is 0.0939 e. The quantitative estimate of drug-likeness (QED) is 0.178. The smallest absolute Gasteiger partial charge is 0.0939 e. The first-order chi connectivity index (χ1) is 27.8. The van der Waals surface area contributed by atoms with Crippen molar-refractivity contribution in [1.29, 1.82) is 0 Å². The molecule has 1 atom stereocenters. The fraction of sp³-hybridized carbons (Fsp3) is 0.0189. The van der Waals surface area contributed by atoms with Gasteiger partial charge in [0.1, 0.15) is 0 Å². The molecule has 0 amide bonds. The molecule has 0 saturated heterocycles. The summed E-state index contributed by atoms with van der Waals surface area (Å²) in [4.78, 5) is 10.3. The predicted octanol–water partition coefficient (Wildman–Crippen LogP) is 13.8. The van der Waals surface area contributed by atoms with Gasteiger partial charge < -0.3 is 5.32 Å². The zero-order chi connectivity index (χ0) is 37.3. The molecular formula is C53H37N3. The van der Waals surface area contributed by atoms with E-state index < -0.39 is 0 Å². The third kappa shape index (κ3) is 6.15. The van der Waals surface area contributed by atoms with Crippen molar-refractivity contribution in [1.82, 2.24) is 9.97 Å². The summed E-state index contributed by atoms with van der Waals surface area (Å²) in [5, 5.41) is 4.92. The predicted molar refractivity (Wildman–Crippen MR) is 234 cm³/mol. The third-order valence-electron chi connectivity index (χ3n) is 10.7. The van der Waals surface area contributed by atoms with E-state index in [4.69, 9.17) is 9.97 Å². The first-order valence-corrected chi connectivity index (χ1v) is 19.1. The molecule has 1 aliphatic heterocycles. The summed E-state index contributed by atoms with van der Waals surface area (Å²) in [6, 6.07) is 69.0. The SMILES string of the molecule is C1=CC(c2cccc(-c3ccc(-c4c(-c5ccccc5)c(-c5ccccc5)nc(-c5ccccc5)c4-c4ccccc4)cc3)c2)Nc2c1ccc1cccnc21. The molecule has 0 bridgehead atoms. The summed E-state index contributed by atoms with van der Waals surface area (Å²) in [6.07, 6.45) is 6.32. The average molecular weight is 716 g/mol. The molecule has 0 spiro atoms. The van der Waals surface area contributed by atoms with Gasteiger partial charge in [0.05, 0.1) is 28.6 Å². The Morgan fingerprint density at radius 2 is 0.946 bits per heavy atom. The topological polar surface area (TPSA) is 37.8 Å². The second-order valence-electron chi connectivity index (χ2n) is 14.2. The van der Waals surface area contributed by atoms with E-state index in [9.17, 15) is 0 Å². The molecule has 1 N–H and O–H groups in total. The van der Waals surface area contributed by atoms with E-state index in [1.807, 2.05) is 12.3 Å². The summed E-state index contributed by atoms with van der Waals surface area (Å²) < 4.78 is 0. The van der Waals surface area contributed by atoms with E-state index in [0.717, 1.165) is 83.6 Å². The van der Waals surface area contributed by atoms with E-state index in [1.54, 1.807) is 0 Å². The molecule has 3 nitrogen and oxygen atoms in total. The van der Waals surface area contributed by atoms with Gasteiger partial charge in [-0.3, -0.25) is 4.98 Å². The minimum absolute atomic E-state index is 0.0285. The summed E-state index contributed by atoms with van der Waals surface area (Å²) in [7, 11) is 0. The Kier molecular flexibility index (Phi) is 8.58. The van der Waals surface area contributed by atoms with Crippen molar-refractivity contribution >= 4 is 22.7 Å². The number of hydrogen-bond donors (Lipinski definition) is 1. The van der Waals surface area contributed by atoms with E-state index in [-0.39, 0.29) is 6.04 Å². The van der Waals surface area contributed by atoms with Crippen molar-refractivity contribution < 1.29 is 0 Å². The van der Waals surface area contributed by atoms with Gasteiger partial charge in [0, 0.05) is 39.4 Å². The Hall–Kier alpha value is -7.36. The van der Waals surface area contributed by atoms with Crippen molar-refractivity contribution in [2.24, 2.45) is 0 Å². The van der Waals surface area contributed by atoms with Crippen molar-refractivity contribution in [3.63, 3.8) is 0 Å². The van der Waals surface area contributed by atoms with Gasteiger partial charge in [-0.2, -0.15) is 0 Å². The summed E-state index contributed by atoms with van der Waals surface area (Å²) >= 11 is 0. The number of pyridine rings is 2. The molecule has 56 heavy (non-hydrogen) atoms. The number of rotatable bonds is 7. The lowest BCUT2D eigenvalue weighted by atomic mass is 9.83. The van der Waals surface area contributed by atoms with Crippen LogP contribution in [0.3, 0.4) is 0 Å². The summed E-state index contributed by atoms with van der Waals surface area (Å²) in [5.41, 5.74) is 17.6. The van der Waals surface area contributed by atoms with Gasteiger partial charge in [0.25, 0.3) is 0 Å². The highest BCUT2D eigenvalue weighted by Gasteiger charge is 2.25. The minimum atomic E-state index is 0.0285. The van der Waals surface area contributed by atoms with Crippen LogP contribution in [-0.4, -0.2) is 9.97 Å². The zero-order valence-electron chi connectivity index (χ0n) is 30.7. The third-order valence-corrected chi connectivity index (χ3v) is 10.7. The highest BCUT2D eigenvalue weighted by Crippen LogP contribution is 2.49. The monoisotopic (exact) mass is 715 g/mol. The second kappa shape index (κ2) is 14.5. The van der Waals surface area contributed by atoms with Crippen molar-refractivity contribution in [2.45, 2.75) is 6.04 Å². The number of fused-ring (bicyclic) bond motifs is 3. The number of anilines is 1. The second-order valence-corrected chi connectivity index (χ2v) is 14.2. The molecule has 0 radical (unpaired) electrons. The molecule has 264 valence electrons. The Labute approximate surface area is 327 Å². The lowest BCUT2D eigenvalue weighted by molar-refractivity contribution is 0.981. The van der Waals surface area contributed by atoms with Gasteiger partial charge in [-0.05, 0) is 51.1 Å². The molecule has 1 unspecified atom stereocenters. The fourth-order valence-electron chi connectivity index (χ4n) is 8.05. The summed E-state index contributed by atoms with van der Waals surface area (Å²) in [5.74, 6) is 0. The highest BCUT2D eigenvalue weighted by atomic mass is 14.9. The fourth-order valence-corrected chi connectivity index (χ4v) is 8.05. The van der Waals surface area contributed by atoms with Crippen LogP contribution in [0, 0.1) is 0 Å². The van der Waals surface area contributed by atoms with Crippen LogP contribution in [0.5, 0.6) is 0 Å². The van der Waals surface area contributed by atoms with Crippen LogP contribution in [-0.2, 0) is 0 Å². The lowest BCUT2D eigenvalue weighted by Crippen LogP contribution is -2.13. The van der Waals surface area contributed by atoms with Crippen LogP contribution in [0.15, 0.2) is 206 Å². The number of nitrogens with one attached hydrogen (secondary N) is 1. The molecule has 0 saturated carbocycles. The van der Waals surface area contributed by atoms with Gasteiger partial charge in [-0.25, -0.2) is 4.98 Å². The van der Waals surface area contributed by atoms with Gasteiger partial charge in [0.2, 0.25) is 0 Å². The Morgan fingerprint density at radius 3 is 1.55 bits per heavy atom. The van der Waals surface area contributed by atoms with E-state index in [2.05, 4.69) is 206 Å². The summed E-state index contributed by atoms with van der Waals surface area (Å²) in [6.45, 7) is 0. The maximum atomic E-state index is 5.59. The van der Waals surface area contributed by atoms with Crippen LogP contribution < -0.4 is 5.32 Å². The molecule has 2 aromatic heterocycles. The molecule has 7 aromatic carbocycles. The lowest BCUT2D eigenvalue weighted by Gasteiger charge is -2.24. The molecule has 10 rings (SSSR count). The Balaban J connectivity index is 1.13. The largest absolute Gasteiger partial charge is 0.372 e. The van der Waals surface area contributed by atoms with E-state index in [1.165, 1.54) is 11.1 Å². The van der Waals surface area contributed by atoms with E-state index in [0.29, 0.717) is 0 Å². The van der Waals surface area contributed by atoms with Crippen molar-refractivity contribution in [3.8, 4) is 67.0 Å². The number of hydrogen-bond acceptors (Lipinski definition) is 3. The first-order valence-electron chi connectivity index (χ1n) is 19.1. The minimum Gasteiger partial charge on any atom is -0.372 e. The van der Waals surface area contributed by atoms with Crippen LogP contribution in [0.1, 0.15) is 17.2 Å². The molecule has 3 heteroatoms. The van der Waals surface area contributed by atoms with E-state index >= 15 is 0 Å². The van der Waals surface area contributed by atoms with Crippen LogP contribution in [0.2, 0.25) is 0 Å². The van der Waals surface area contributed by atoms with Gasteiger partial charge >= 0.3 is 0 Å². The number of benzene rings is 7. The Bertz CT molecular complexity index is 2750. The van der Waals surface area contributed by atoms with Crippen LogP contribution in [0.25, 0.3) is 84.0 Å². The standard InChI is InChI=1S/C53H37N3/c1-5-15-37(16-6-1)48-47(49(38-17-7-2-8-18-38)51(41-21-11-4-12-22-41)56-50(48)40-19-9-3-10-20-40)39-28-26-36(27-29-39)44-23-13-24-45(35-44)46-33-32-43-31-30-42-25-14-34-54-52(42)53(43)55-46/h1-35,46,55H. The van der Waals surface area contributed by atoms with Crippen molar-refractivity contribution in [2.75, 3.05) is 5.32 Å². The highest BCUT2D eigenvalue weighted by molar-refractivity contribution is 6.05. The van der Waals surface area contributed by atoms with Crippen LogP contribution in [0.4, 0.5) is 5.69 Å². The molecular weight excluding hydrogens is 679 g/mol. The average Bonchev–Trinajstić information content (AvgIpc) is 3.29. The van der Waals surface area contributed by atoms with Crippen LogP contribution >= 0.6 is 0 Å². The number of aromatic nitrogens is 2. The molecule has 0 aliphatic carbocycles. The Morgan fingerprint density at radius 1 is 0.411 bits per heavy atom. The first kappa shape index (κ1) is 33.2. The number of nitrogens with zero attached hydrogens (tertiary/aromatic N) is 2. The van der Waals surface area contributed by atoms with Crippen molar-refractivity contribution in [3.05, 3.63) is 218 Å². The molecule has 3 heterocycles. The van der Waals surface area contributed by atoms with Gasteiger partial charge in [-0.15, -0.1) is 0 Å². The molecule has 9 aromatic rings. The normalized spacial score (nSPS) is 13.2. The molecule has 1 aliphatic rings. The van der Waals surface area contributed by atoms with Gasteiger partial charge in [-0.1, -0.05) is 194 Å². The molecule has 0 fully saturated rings. The zero-order valence-corrected chi connectivity index (χ0v) is 30.7. The van der Waals surface area contributed by atoms with Gasteiger partial charge in [0.15, 0.2) is 0 Å². The maximum absolute atomic E-state index is 5.59.